The fourth-order valence-electron chi connectivity index (χ4n) is 1.98. The number of aryl methyl sites for hydroxylation is 1. The second kappa shape index (κ2) is 6.49. The fraction of sp³-hybridized carbons (Fsp3) is 0.286. The number of ether oxygens (including phenoxy) is 1. The van der Waals surface area contributed by atoms with E-state index >= 15 is 0 Å². The number of nitrogens with zero attached hydrogens (tertiary/aromatic N) is 2. The number of carbonyl (C=O) groups excluding carboxylic acids is 1. The number of hydrogen-bond acceptors (Lipinski definition) is 3. The van der Waals surface area contributed by atoms with Gasteiger partial charge in [-0.3, -0.25) is 9.48 Å². The van der Waals surface area contributed by atoms with Crippen LogP contribution in [0.2, 0.25) is 5.02 Å². The Morgan fingerprint density at radius 3 is 2.61 bits per heavy atom. The summed E-state index contributed by atoms with van der Waals surface area (Å²) >= 11 is 5.68. The summed E-state index contributed by atoms with van der Waals surface area (Å²) < 4.78 is 44.5. The Bertz CT molecular complexity index is 729. The average Bonchev–Trinajstić information content (AvgIpc) is 2.76. The van der Waals surface area contributed by atoms with Crippen LogP contribution in [0.4, 0.5) is 18.9 Å². The summed E-state index contributed by atoms with van der Waals surface area (Å²) in [6.07, 6.45) is -4.71. The standard InChI is InChI=1S/C14H13ClF3N3O2/c1-3-23-9-7-5-4-6-8(9)19-13(22)11-10(15)12(14(16,17)18)21(2)20-11/h4-7H,3H2,1-2H3,(H,19,22). The molecule has 0 aliphatic carbocycles. The molecule has 2 aromatic rings. The monoisotopic (exact) mass is 347 g/mol. The van der Waals surface area contributed by atoms with Gasteiger partial charge in [0.1, 0.15) is 10.8 Å². The van der Waals surface area contributed by atoms with Crippen molar-refractivity contribution in [3.63, 3.8) is 0 Å². The molecule has 2 rings (SSSR count). The van der Waals surface area contributed by atoms with Crippen LogP contribution in [-0.2, 0) is 13.2 Å². The SMILES string of the molecule is CCOc1ccccc1NC(=O)c1nn(C)c(C(F)(F)F)c1Cl. The maximum Gasteiger partial charge on any atom is 0.434 e. The second-order valence-electron chi connectivity index (χ2n) is 4.52. The zero-order valence-corrected chi connectivity index (χ0v) is 13.0. The summed E-state index contributed by atoms with van der Waals surface area (Å²) in [5.41, 5.74) is -1.37. The van der Waals surface area contributed by atoms with Crippen molar-refractivity contribution in [2.75, 3.05) is 11.9 Å². The number of alkyl halides is 3. The molecule has 9 heteroatoms. The molecule has 0 unspecified atom stereocenters. The highest BCUT2D eigenvalue weighted by atomic mass is 35.5. The number of rotatable bonds is 4. The van der Waals surface area contributed by atoms with Crippen molar-refractivity contribution in [1.29, 1.82) is 0 Å². The highest BCUT2D eigenvalue weighted by molar-refractivity contribution is 6.34. The van der Waals surface area contributed by atoms with Gasteiger partial charge in [-0.25, -0.2) is 0 Å². The van der Waals surface area contributed by atoms with Crippen molar-refractivity contribution in [3.05, 3.63) is 40.7 Å². The van der Waals surface area contributed by atoms with Gasteiger partial charge in [-0.15, -0.1) is 0 Å². The third kappa shape index (κ3) is 3.58. The number of para-hydroxylation sites is 2. The van der Waals surface area contributed by atoms with E-state index in [4.69, 9.17) is 16.3 Å². The van der Waals surface area contributed by atoms with Crippen LogP contribution >= 0.6 is 11.6 Å². The van der Waals surface area contributed by atoms with Gasteiger partial charge in [-0.2, -0.15) is 18.3 Å². The third-order valence-corrected chi connectivity index (χ3v) is 3.27. The zero-order valence-electron chi connectivity index (χ0n) is 12.2. The maximum absolute atomic E-state index is 12.9. The van der Waals surface area contributed by atoms with Gasteiger partial charge >= 0.3 is 6.18 Å². The number of anilines is 1. The summed E-state index contributed by atoms with van der Waals surface area (Å²) in [4.78, 5) is 12.2. The number of amides is 1. The molecule has 1 heterocycles. The summed E-state index contributed by atoms with van der Waals surface area (Å²) in [6.45, 7) is 2.14. The molecule has 0 saturated carbocycles. The van der Waals surface area contributed by atoms with Gasteiger partial charge in [0.05, 0.1) is 12.3 Å². The van der Waals surface area contributed by atoms with Crippen LogP contribution in [0.3, 0.4) is 0 Å². The van der Waals surface area contributed by atoms with Crippen LogP contribution in [0.25, 0.3) is 0 Å². The van der Waals surface area contributed by atoms with E-state index in [-0.39, 0.29) is 0 Å². The number of benzene rings is 1. The van der Waals surface area contributed by atoms with E-state index in [1.165, 1.54) is 0 Å². The largest absolute Gasteiger partial charge is 0.492 e. The number of carbonyl (C=O) groups is 1. The molecular formula is C14H13ClF3N3O2. The van der Waals surface area contributed by atoms with E-state index in [9.17, 15) is 18.0 Å². The lowest BCUT2D eigenvalue weighted by atomic mass is 10.2. The van der Waals surface area contributed by atoms with Crippen molar-refractivity contribution >= 4 is 23.2 Å². The van der Waals surface area contributed by atoms with Crippen LogP contribution in [0.5, 0.6) is 5.75 Å². The summed E-state index contributed by atoms with van der Waals surface area (Å²) in [5, 5.41) is 5.27. The average molecular weight is 348 g/mol. The maximum atomic E-state index is 12.9. The third-order valence-electron chi connectivity index (χ3n) is 2.91. The Morgan fingerprint density at radius 1 is 1.39 bits per heavy atom. The smallest absolute Gasteiger partial charge is 0.434 e. The lowest BCUT2D eigenvalue weighted by Gasteiger charge is -2.10. The number of hydrogen-bond donors (Lipinski definition) is 1. The second-order valence-corrected chi connectivity index (χ2v) is 4.89. The molecule has 0 aliphatic rings. The minimum Gasteiger partial charge on any atom is -0.492 e. The minimum absolute atomic E-state index is 0.314. The van der Waals surface area contributed by atoms with Crippen LogP contribution < -0.4 is 10.1 Å². The van der Waals surface area contributed by atoms with Crippen molar-refractivity contribution < 1.29 is 22.7 Å². The highest BCUT2D eigenvalue weighted by Gasteiger charge is 2.40. The predicted molar refractivity (Wildman–Crippen MR) is 78.8 cm³/mol. The molecule has 1 aromatic carbocycles. The topological polar surface area (TPSA) is 56.1 Å². The first kappa shape index (κ1) is 17.1. The van der Waals surface area contributed by atoms with E-state index in [1.54, 1.807) is 31.2 Å². The van der Waals surface area contributed by atoms with E-state index in [2.05, 4.69) is 10.4 Å². The van der Waals surface area contributed by atoms with Crippen LogP contribution in [0.15, 0.2) is 24.3 Å². The quantitative estimate of drug-likeness (QED) is 0.916. The molecule has 1 N–H and O–H groups in total. The molecule has 23 heavy (non-hydrogen) atoms. The van der Waals surface area contributed by atoms with Gasteiger partial charge in [-0.05, 0) is 19.1 Å². The first-order chi connectivity index (χ1) is 10.8. The predicted octanol–water partition coefficient (Wildman–Crippen LogP) is 3.74. The Morgan fingerprint density at radius 2 is 2.04 bits per heavy atom. The van der Waals surface area contributed by atoms with E-state index in [0.717, 1.165) is 7.05 Å². The molecular weight excluding hydrogens is 335 g/mol. The van der Waals surface area contributed by atoms with Gasteiger partial charge in [0, 0.05) is 7.05 Å². The summed E-state index contributed by atoms with van der Waals surface area (Å²) in [6, 6.07) is 6.54. The number of nitrogens with one attached hydrogen (secondary N) is 1. The van der Waals surface area contributed by atoms with Crippen LogP contribution in [0.1, 0.15) is 23.1 Å². The van der Waals surface area contributed by atoms with E-state index in [1.807, 2.05) is 0 Å². The van der Waals surface area contributed by atoms with Gasteiger partial charge in [0.15, 0.2) is 11.4 Å². The van der Waals surface area contributed by atoms with E-state index < -0.39 is 28.5 Å². The van der Waals surface area contributed by atoms with Gasteiger partial charge < -0.3 is 10.1 Å². The van der Waals surface area contributed by atoms with Crippen LogP contribution in [-0.4, -0.2) is 22.3 Å². The molecule has 0 bridgehead atoms. The molecule has 1 aromatic heterocycles. The zero-order chi connectivity index (χ0) is 17.2. The molecule has 0 aliphatic heterocycles. The molecule has 5 nitrogen and oxygen atoms in total. The molecule has 0 fully saturated rings. The molecule has 0 radical (unpaired) electrons. The minimum atomic E-state index is -4.71. The van der Waals surface area contributed by atoms with Crippen molar-refractivity contribution in [1.82, 2.24) is 9.78 Å². The van der Waals surface area contributed by atoms with Crippen molar-refractivity contribution in [2.24, 2.45) is 7.05 Å². The van der Waals surface area contributed by atoms with E-state index in [0.29, 0.717) is 22.7 Å². The number of aromatic nitrogens is 2. The first-order valence-corrected chi connectivity index (χ1v) is 6.96. The van der Waals surface area contributed by atoms with Gasteiger partial charge in [0.2, 0.25) is 0 Å². The Kier molecular flexibility index (Phi) is 4.84. The first-order valence-electron chi connectivity index (χ1n) is 6.58. The summed E-state index contributed by atoms with van der Waals surface area (Å²) in [5.74, 6) is -0.459. The highest BCUT2D eigenvalue weighted by Crippen LogP contribution is 2.36. The Labute approximate surface area is 135 Å². The fourth-order valence-corrected chi connectivity index (χ4v) is 2.34. The van der Waals surface area contributed by atoms with Crippen LogP contribution in [0, 0.1) is 0 Å². The molecule has 1 amide bonds. The van der Waals surface area contributed by atoms with Crippen molar-refractivity contribution in [3.8, 4) is 5.75 Å². The molecule has 0 saturated heterocycles. The van der Waals surface area contributed by atoms with Gasteiger partial charge in [0.25, 0.3) is 5.91 Å². The molecule has 0 atom stereocenters. The molecule has 0 spiro atoms. The Balaban J connectivity index is 2.33. The Hall–Kier alpha value is -2.22. The lowest BCUT2D eigenvalue weighted by molar-refractivity contribution is -0.143. The normalized spacial score (nSPS) is 11.4. The number of halogens is 4. The lowest BCUT2D eigenvalue weighted by Crippen LogP contribution is -2.14. The summed E-state index contributed by atoms with van der Waals surface area (Å²) in [7, 11) is 1.07. The van der Waals surface area contributed by atoms with Gasteiger partial charge in [-0.1, -0.05) is 23.7 Å². The molecule has 124 valence electrons. The van der Waals surface area contributed by atoms with Crippen molar-refractivity contribution in [2.45, 2.75) is 13.1 Å².